The smallest absolute Gasteiger partial charge is 0.251 e. The van der Waals surface area contributed by atoms with E-state index in [4.69, 9.17) is 0 Å². The summed E-state index contributed by atoms with van der Waals surface area (Å²) in [5.74, 6) is -0.335. The minimum absolute atomic E-state index is 0.111. The first-order chi connectivity index (χ1) is 11.2. The van der Waals surface area contributed by atoms with Crippen molar-refractivity contribution in [3.05, 3.63) is 71.8 Å². The number of hydrogen-bond acceptors (Lipinski definition) is 2. The monoisotopic (exact) mass is 308 g/mol. The van der Waals surface area contributed by atoms with Gasteiger partial charge in [-0.15, -0.1) is 0 Å². The summed E-state index contributed by atoms with van der Waals surface area (Å²) in [5.41, 5.74) is 1.58. The van der Waals surface area contributed by atoms with E-state index in [9.17, 15) is 9.59 Å². The molecule has 2 aromatic carbocycles. The Bertz CT molecular complexity index is 666. The average Bonchev–Trinajstić information content (AvgIpc) is 3.40. The molecule has 1 atom stereocenters. The molecule has 118 valence electrons. The lowest BCUT2D eigenvalue weighted by Crippen LogP contribution is -2.48. The number of nitrogens with one attached hydrogen (secondary N) is 2. The zero-order valence-electron chi connectivity index (χ0n) is 12.9. The third kappa shape index (κ3) is 4.42. The maximum absolute atomic E-state index is 12.4. The van der Waals surface area contributed by atoms with Gasteiger partial charge in [0.15, 0.2) is 0 Å². The van der Waals surface area contributed by atoms with Gasteiger partial charge in [-0.3, -0.25) is 9.59 Å². The van der Waals surface area contributed by atoms with E-state index in [0.29, 0.717) is 12.0 Å². The van der Waals surface area contributed by atoms with Gasteiger partial charge in [0.05, 0.1) is 0 Å². The quantitative estimate of drug-likeness (QED) is 0.860. The van der Waals surface area contributed by atoms with Gasteiger partial charge in [0.1, 0.15) is 6.04 Å². The molecule has 0 aliphatic heterocycles. The summed E-state index contributed by atoms with van der Waals surface area (Å²) in [5, 5.41) is 5.84. The first-order valence-corrected chi connectivity index (χ1v) is 7.92. The highest BCUT2D eigenvalue weighted by atomic mass is 16.2. The third-order valence-corrected chi connectivity index (χ3v) is 3.86. The molecule has 1 unspecified atom stereocenters. The van der Waals surface area contributed by atoms with Crippen molar-refractivity contribution in [2.24, 2.45) is 0 Å². The highest BCUT2D eigenvalue weighted by Gasteiger charge is 2.28. The lowest BCUT2D eigenvalue weighted by molar-refractivity contribution is -0.123. The van der Waals surface area contributed by atoms with Crippen LogP contribution in [0.3, 0.4) is 0 Å². The molecule has 1 aliphatic rings. The van der Waals surface area contributed by atoms with Gasteiger partial charge in [-0.2, -0.15) is 0 Å². The zero-order chi connectivity index (χ0) is 16.1. The Morgan fingerprint density at radius 3 is 2.17 bits per heavy atom. The molecule has 4 heteroatoms. The largest absolute Gasteiger partial charge is 0.352 e. The van der Waals surface area contributed by atoms with E-state index in [1.54, 1.807) is 12.1 Å². The van der Waals surface area contributed by atoms with Crippen LogP contribution in [0.25, 0.3) is 0 Å². The second kappa shape index (κ2) is 7.09. The Balaban J connectivity index is 1.71. The van der Waals surface area contributed by atoms with Gasteiger partial charge in [0.2, 0.25) is 5.91 Å². The van der Waals surface area contributed by atoms with Crippen molar-refractivity contribution in [2.75, 3.05) is 0 Å². The van der Waals surface area contributed by atoms with Crippen molar-refractivity contribution in [2.45, 2.75) is 31.3 Å². The number of benzene rings is 2. The summed E-state index contributed by atoms with van der Waals surface area (Å²) in [4.78, 5) is 24.8. The summed E-state index contributed by atoms with van der Waals surface area (Å²) in [6.07, 6.45) is 2.53. The highest BCUT2D eigenvalue weighted by Crippen LogP contribution is 2.19. The van der Waals surface area contributed by atoms with Crippen molar-refractivity contribution in [1.82, 2.24) is 10.6 Å². The van der Waals surface area contributed by atoms with Gasteiger partial charge in [-0.05, 0) is 30.5 Å². The molecule has 0 spiro atoms. The fourth-order valence-corrected chi connectivity index (χ4v) is 2.42. The maximum Gasteiger partial charge on any atom is 0.251 e. The van der Waals surface area contributed by atoms with Crippen LogP contribution >= 0.6 is 0 Å². The normalized spacial score (nSPS) is 14.8. The number of hydrogen-bond donors (Lipinski definition) is 2. The molecular weight excluding hydrogens is 288 g/mol. The van der Waals surface area contributed by atoms with Crippen molar-refractivity contribution in [3.63, 3.8) is 0 Å². The van der Waals surface area contributed by atoms with Crippen LogP contribution in [0.5, 0.6) is 0 Å². The van der Waals surface area contributed by atoms with Crippen LogP contribution in [0.4, 0.5) is 0 Å². The van der Waals surface area contributed by atoms with Gasteiger partial charge in [0.25, 0.3) is 5.91 Å². The Labute approximate surface area is 135 Å². The van der Waals surface area contributed by atoms with Crippen LogP contribution in [-0.4, -0.2) is 23.9 Å². The average molecular weight is 308 g/mol. The first-order valence-electron chi connectivity index (χ1n) is 7.92. The van der Waals surface area contributed by atoms with E-state index in [0.717, 1.165) is 18.4 Å². The van der Waals surface area contributed by atoms with Crippen molar-refractivity contribution in [3.8, 4) is 0 Å². The minimum Gasteiger partial charge on any atom is -0.352 e. The lowest BCUT2D eigenvalue weighted by Gasteiger charge is -2.18. The molecule has 3 rings (SSSR count). The molecule has 2 N–H and O–H groups in total. The summed E-state index contributed by atoms with van der Waals surface area (Å²) in [6.45, 7) is 0. The number of amides is 2. The molecule has 23 heavy (non-hydrogen) atoms. The standard InChI is InChI=1S/C19H20N2O2/c22-18(15-9-5-2-6-10-15)21-17(19(23)20-16-11-12-16)13-14-7-3-1-4-8-14/h1-10,16-17H,11-13H2,(H,20,23)(H,21,22). The fourth-order valence-electron chi connectivity index (χ4n) is 2.42. The summed E-state index contributed by atoms with van der Waals surface area (Å²) < 4.78 is 0. The van der Waals surface area contributed by atoms with E-state index in [1.807, 2.05) is 48.5 Å². The molecule has 1 saturated carbocycles. The molecule has 2 amide bonds. The molecule has 1 aliphatic carbocycles. The van der Waals surface area contributed by atoms with Crippen LogP contribution in [0.1, 0.15) is 28.8 Å². The van der Waals surface area contributed by atoms with Crippen molar-refractivity contribution >= 4 is 11.8 Å². The molecule has 0 aromatic heterocycles. The summed E-state index contributed by atoms with van der Waals surface area (Å²) in [6, 6.07) is 18.4. The molecule has 0 saturated heterocycles. The van der Waals surface area contributed by atoms with Gasteiger partial charge in [0, 0.05) is 18.0 Å². The fraction of sp³-hybridized carbons (Fsp3) is 0.263. The molecule has 1 fully saturated rings. The van der Waals surface area contributed by atoms with E-state index < -0.39 is 6.04 Å². The molecule has 4 nitrogen and oxygen atoms in total. The van der Waals surface area contributed by atoms with Gasteiger partial charge in [-0.25, -0.2) is 0 Å². The van der Waals surface area contributed by atoms with Crippen LogP contribution in [0.2, 0.25) is 0 Å². The predicted octanol–water partition coefficient (Wildman–Crippen LogP) is 2.31. The predicted molar refractivity (Wildman–Crippen MR) is 89.0 cm³/mol. The van der Waals surface area contributed by atoms with Gasteiger partial charge >= 0.3 is 0 Å². The molecule has 2 aromatic rings. The topological polar surface area (TPSA) is 58.2 Å². The van der Waals surface area contributed by atoms with Gasteiger partial charge in [-0.1, -0.05) is 48.5 Å². The Morgan fingerprint density at radius 1 is 0.957 bits per heavy atom. The lowest BCUT2D eigenvalue weighted by atomic mass is 10.0. The van der Waals surface area contributed by atoms with E-state index in [1.165, 1.54) is 0 Å². The third-order valence-electron chi connectivity index (χ3n) is 3.86. The van der Waals surface area contributed by atoms with E-state index >= 15 is 0 Å². The Hall–Kier alpha value is -2.62. The van der Waals surface area contributed by atoms with Crippen LogP contribution in [-0.2, 0) is 11.2 Å². The summed E-state index contributed by atoms with van der Waals surface area (Å²) in [7, 11) is 0. The number of carbonyl (C=O) groups is 2. The number of rotatable bonds is 6. The van der Waals surface area contributed by atoms with Crippen molar-refractivity contribution < 1.29 is 9.59 Å². The first kappa shape index (κ1) is 15.3. The van der Waals surface area contributed by atoms with Crippen LogP contribution in [0, 0.1) is 0 Å². The molecule has 0 heterocycles. The molecule has 0 bridgehead atoms. The minimum atomic E-state index is -0.564. The Kier molecular flexibility index (Phi) is 4.71. The summed E-state index contributed by atoms with van der Waals surface area (Å²) >= 11 is 0. The Morgan fingerprint density at radius 2 is 1.57 bits per heavy atom. The second-order valence-electron chi connectivity index (χ2n) is 5.86. The second-order valence-corrected chi connectivity index (χ2v) is 5.86. The van der Waals surface area contributed by atoms with E-state index in [-0.39, 0.29) is 17.9 Å². The van der Waals surface area contributed by atoms with Crippen molar-refractivity contribution in [1.29, 1.82) is 0 Å². The number of carbonyl (C=O) groups excluding carboxylic acids is 2. The maximum atomic E-state index is 12.4. The molecular formula is C19H20N2O2. The van der Waals surface area contributed by atoms with Gasteiger partial charge < -0.3 is 10.6 Å². The molecule has 0 radical (unpaired) electrons. The van der Waals surface area contributed by atoms with E-state index in [2.05, 4.69) is 10.6 Å². The highest BCUT2D eigenvalue weighted by molar-refractivity contribution is 5.97. The van der Waals surface area contributed by atoms with Crippen LogP contribution < -0.4 is 10.6 Å². The van der Waals surface area contributed by atoms with Crippen LogP contribution in [0.15, 0.2) is 60.7 Å². The SMILES string of the molecule is O=C(NC(Cc1ccccc1)C(=O)NC1CC1)c1ccccc1. The zero-order valence-corrected chi connectivity index (χ0v) is 12.9.